The molecule has 3 atom stereocenters. The van der Waals surface area contributed by atoms with Crippen molar-refractivity contribution >= 4 is 17.8 Å². The van der Waals surface area contributed by atoms with Gasteiger partial charge in [0.05, 0.1) is 17.9 Å². The maximum Gasteiger partial charge on any atom is 0.311 e. The zero-order valence-electron chi connectivity index (χ0n) is 11.0. The van der Waals surface area contributed by atoms with E-state index in [4.69, 9.17) is 11.5 Å². The van der Waals surface area contributed by atoms with E-state index in [1.165, 1.54) is 0 Å². The van der Waals surface area contributed by atoms with E-state index in [0.29, 0.717) is 12.8 Å². The lowest BCUT2D eigenvalue weighted by Crippen LogP contribution is -2.55. The Morgan fingerprint density at radius 2 is 2.05 bits per heavy atom. The number of carboxylic acid groups (broad SMARTS) is 1. The first kappa shape index (κ1) is 15.4. The summed E-state index contributed by atoms with van der Waals surface area (Å²) >= 11 is 0. The van der Waals surface area contributed by atoms with Gasteiger partial charge in [0.25, 0.3) is 0 Å². The quantitative estimate of drug-likeness (QED) is 0.526. The number of hydrogen-bond donors (Lipinski definition) is 4. The third-order valence-electron chi connectivity index (χ3n) is 3.77. The van der Waals surface area contributed by atoms with Crippen molar-refractivity contribution in [3.8, 4) is 0 Å². The van der Waals surface area contributed by atoms with Crippen LogP contribution >= 0.6 is 0 Å². The van der Waals surface area contributed by atoms with Crippen LogP contribution in [-0.2, 0) is 14.4 Å². The molecule has 0 radical (unpaired) electrons. The van der Waals surface area contributed by atoms with Crippen LogP contribution in [0.5, 0.6) is 0 Å². The van der Waals surface area contributed by atoms with Crippen molar-refractivity contribution in [3.05, 3.63) is 0 Å². The van der Waals surface area contributed by atoms with Crippen molar-refractivity contribution in [1.82, 2.24) is 5.32 Å². The molecule has 0 aliphatic heterocycles. The molecule has 0 spiro atoms. The fourth-order valence-corrected chi connectivity index (χ4v) is 2.41. The van der Waals surface area contributed by atoms with Crippen LogP contribution in [0.25, 0.3) is 0 Å². The van der Waals surface area contributed by atoms with Crippen molar-refractivity contribution in [2.24, 2.45) is 16.9 Å². The first-order chi connectivity index (χ1) is 8.77. The number of nitrogens with two attached hydrogens (primary N) is 2. The van der Waals surface area contributed by atoms with Gasteiger partial charge in [-0.3, -0.25) is 14.4 Å². The molecular weight excluding hydrogens is 250 g/mol. The van der Waals surface area contributed by atoms with Crippen LogP contribution in [0.3, 0.4) is 0 Å². The van der Waals surface area contributed by atoms with Gasteiger partial charge in [-0.1, -0.05) is 12.8 Å². The molecule has 108 valence electrons. The second kappa shape index (κ2) is 6.01. The van der Waals surface area contributed by atoms with E-state index in [1.54, 1.807) is 6.92 Å². The molecule has 0 bridgehead atoms. The Hall–Kier alpha value is -1.63. The molecule has 2 amide bonds. The fourth-order valence-electron chi connectivity index (χ4n) is 2.41. The molecular formula is C12H21N3O4. The molecule has 1 saturated carbocycles. The smallest absolute Gasteiger partial charge is 0.311 e. The van der Waals surface area contributed by atoms with E-state index in [0.717, 1.165) is 12.8 Å². The number of nitrogens with one attached hydrogen (secondary N) is 1. The SMILES string of the molecule is CC1(C(=O)O)CCCCC1NC(=O)C(N)CC(N)=O. The van der Waals surface area contributed by atoms with Gasteiger partial charge in [-0.25, -0.2) is 0 Å². The first-order valence-corrected chi connectivity index (χ1v) is 6.35. The molecule has 1 aliphatic rings. The van der Waals surface area contributed by atoms with Gasteiger partial charge in [-0.05, 0) is 19.8 Å². The van der Waals surface area contributed by atoms with Crippen molar-refractivity contribution in [1.29, 1.82) is 0 Å². The second-order valence-electron chi connectivity index (χ2n) is 5.31. The molecule has 0 aromatic heterocycles. The van der Waals surface area contributed by atoms with E-state index in [2.05, 4.69) is 5.32 Å². The molecule has 6 N–H and O–H groups in total. The Morgan fingerprint density at radius 1 is 1.42 bits per heavy atom. The van der Waals surface area contributed by atoms with Gasteiger partial charge in [-0.15, -0.1) is 0 Å². The van der Waals surface area contributed by atoms with Gasteiger partial charge in [-0.2, -0.15) is 0 Å². The number of primary amides is 1. The number of carboxylic acids is 1. The molecule has 7 nitrogen and oxygen atoms in total. The summed E-state index contributed by atoms with van der Waals surface area (Å²) in [6, 6.07) is -1.50. The van der Waals surface area contributed by atoms with Crippen LogP contribution < -0.4 is 16.8 Å². The highest BCUT2D eigenvalue weighted by atomic mass is 16.4. The molecule has 1 rings (SSSR count). The summed E-state index contributed by atoms with van der Waals surface area (Å²) in [5.74, 6) is -2.12. The summed E-state index contributed by atoms with van der Waals surface area (Å²) in [5.41, 5.74) is 9.53. The lowest BCUT2D eigenvalue weighted by molar-refractivity contribution is -0.152. The summed E-state index contributed by atoms with van der Waals surface area (Å²) in [6.45, 7) is 1.62. The highest BCUT2D eigenvalue weighted by Gasteiger charge is 2.44. The Labute approximate surface area is 111 Å². The zero-order valence-corrected chi connectivity index (χ0v) is 11.0. The maximum absolute atomic E-state index is 11.8. The van der Waals surface area contributed by atoms with E-state index in [-0.39, 0.29) is 6.42 Å². The van der Waals surface area contributed by atoms with Crippen LogP contribution in [-0.4, -0.2) is 35.0 Å². The lowest BCUT2D eigenvalue weighted by atomic mass is 9.71. The highest BCUT2D eigenvalue weighted by molar-refractivity contribution is 5.88. The van der Waals surface area contributed by atoms with Crippen LogP contribution in [0, 0.1) is 5.41 Å². The third kappa shape index (κ3) is 3.66. The molecule has 0 aromatic rings. The lowest BCUT2D eigenvalue weighted by Gasteiger charge is -2.38. The fraction of sp³-hybridized carbons (Fsp3) is 0.750. The molecule has 0 heterocycles. The summed E-state index contributed by atoms with van der Waals surface area (Å²) in [4.78, 5) is 33.9. The van der Waals surface area contributed by atoms with E-state index < -0.39 is 35.3 Å². The topological polar surface area (TPSA) is 136 Å². The van der Waals surface area contributed by atoms with Gasteiger partial charge in [0.1, 0.15) is 0 Å². The second-order valence-corrected chi connectivity index (χ2v) is 5.31. The maximum atomic E-state index is 11.8. The molecule has 0 saturated heterocycles. The molecule has 1 fully saturated rings. The Kier molecular flexibility index (Phi) is 4.88. The van der Waals surface area contributed by atoms with Gasteiger partial charge >= 0.3 is 5.97 Å². The third-order valence-corrected chi connectivity index (χ3v) is 3.77. The minimum Gasteiger partial charge on any atom is -0.481 e. The first-order valence-electron chi connectivity index (χ1n) is 6.35. The standard InChI is InChI=1S/C12H21N3O4/c1-12(11(18)19)5-3-2-4-8(12)15-10(17)7(13)6-9(14)16/h7-8H,2-6,13H2,1H3,(H2,14,16)(H,15,17)(H,18,19). The van der Waals surface area contributed by atoms with Crippen LogP contribution in [0.15, 0.2) is 0 Å². The molecule has 1 aliphatic carbocycles. The average molecular weight is 271 g/mol. The van der Waals surface area contributed by atoms with Crippen LogP contribution in [0.2, 0.25) is 0 Å². The summed E-state index contributed by atoms with van der Waals surface area (Å²) in [7, 11) is 0. The van der Waals surface area contributed by atoms with Crippen molar-refractivity contribution < 1.29 is 19.5 Å². The molecule has 0 aromatic carbocycles. The number of aliphatic carboxylic acids is 1. The number of rotatable bonds is 5. The summed E-state index contributed by atoms with van der Waals surface area (Å²) in [5, 5.41) is 12.0. The number of carbonyl (C=O) groups excluding carboxylic acids is 2. The van der Waals surface area contributed by atoms with Crippen LogP contribution in [0.1, 0.15) is 39.0 Å². The monoisotopic (exact) mass is 271 g/mol. The molecule has 3 unspecified atom stereocenters. The highest BCUT2D eigenvalue weighted by Crippen LogP contribution is 2.36. The van der Waals surface area contributed by atoms with Gasteiger partial charge in [0, 0.05) is 6.04 Å². The minimum absolute atomic E-state index is 0.248. The minimum atomic E-state index is -1.03. The summed E-state index contributed by atoms with van der Waals surface area (Å²) in [6.07, 6.45) is 2.54. The predicted octanol–water partition coefficient (Wildman–Crippen LogP) is -0.661. The number of amides is 2. The number of hydrogen-bond acceptors (Lipinski definition) is 4. The molecule has 7 heteroatoms. The largest absolute Gasteiger partial charge is 0.481 e. The van der Waals surface area contributed by atoms with E-state index >= 15 is 0 Å². The van der Waals surface area contributed by atoms with Gasteiger partial charge < -0.3 is 21.9 Å². The van der Waals surface area contributed by atoms with Crippen molar-refractivity contribution in [3.63, 3.8) is 0 Å². The predicted molar refractivity (Wildman–Crippen MR) is 67.9 cm³/mol. The Balaban J connectivity index is 2.70. The molecule has 19 heavy (non-hydrogen) atoms. The Morgan fingerprint density at radius 3 is 2.58 bits per heavy atom. The zero-order chi connectivity index (χ0) is 14.6. The van der Waals surface area contributed by atoms with E-state index in [1.807, 2.05) is 0 Å². The van der Waals surface area contributed by atoms with Gasteiger partial charge in [0.2, 0.25) is 11.8 Å². The average Bonchev–Trinajstić information content (AvgIpc) is 2.31. The van der Waals surface area contributed by atoms with Crippen molar-refractivity contribution in [2.75, 3.05) is 0 Å². The summed E-state index contributed by atoms with van der Waals surface area (Å²) < 4.78 is 0. The van der Waals surface area contributed by atoms with E-state index in [9.17, 15) is 19.5 Å². The van der Waals surface area contributed by atoms with Crippen molar-refractivity contribution in [2.45, 2.75) is 51.1 Å². The normalized spacial score (nSPS) is 28.4. The van der Waals surface area contributed by atoms with Gasteiger partial charge in [0.15, 0.2) is 0 Å². The Bertz CT molecular complexity index is 385. The number of carbonyl (C=O) groups is 3. The van der Waals surface area contributed by atoms with Crippen LogP contribution in [0.4, 0.5) is 0 Å².